The Morgan fingerprint density at radius 1 is 0.938 bits per heavy atom. The highest BCUT2D eigenvalue weighted by Crippen LogP contribution is 2.34. The summed E-state index contributed by atoms with van der Waals surface area (Å²) in [5.74, 6) is 1.71. The summed E-state index contributed by atoms with van der Waals surface area (Å²) < 4.78 is 0. The third-order valence-electron chi connectivity index (χ3n) is 8.18. The van der Waals surface area contributed by atoms with Crippen LogP contribution in [-0.2, 0) is 22.6 Å². The maximum absolute atomic E-state index is 13.2. The molecule has 2 saturated carbocycles. The van der Waals surface area contributed by atoms with Gasteiger partial charge in [-0.2, -0.15) is 0 Å². The molecule has 2 amide bonds. The predicted molar refractivity (Wildman–Crippen MR) is 121 cm³/mol. The molecular formula is C25H36N4O3. The first-order valence-corrected chi connectivity index (χ1v) is 12.8. The van der Waals surface area contributed by atoms with Crippen molar-refractivity contribution in [2.24, 2.45) is 11.8 Å². The number of aromatic nitrogens is 2. The van der Waals surface area contributed by atoms with Crippen LogP contribution in [0.3, 0.4) is 0 Å². The molecule has 3 fully saturated rings. The minimum absolute atomic E-state index is 0.128. The first kappa shape index (κ1) is 21.7. The molecule has 0 radical (unpaired) electrons. The molecular weight excluding hydrogens is 404 g/mol. The molecule has 1 aromatic heterocycles. The minimum atomic E-state index is -0.137. The molecule has 7 heteroatoms. The fourth-order valence-corrected chi connectivity index (χ4v) is 6.29. The summed E-state index contributed by atoms with van der Waals surface area (Å²) in [5.41, 5.74) is 1.30. The molecule has 0 aromatic carbocycles. The number of aromatic amines is 1. The van der Waals surface area contributed by atoms with E-state index in [0.717, 1.165) is 70.0 Å². The van der Waals surface area contributed by atoms with E-state index in [-0.39, 0.29) is 29.3 Å². The van der Waals surface area contributed by atoms with Crippen molar-refractivity contribution in [2.75, 3.05) is 13.1 Å². The number of nitrogens with one attached hydrogen (secondary N) is 1. The van der Waals surface area contributed by atoms with Crippen molar-refractivity contribution in [1.82, 2.24) is 19.8 Å². The molecule has 1 aromatic rings. The van der Waals surface area contributed by atoms with Crippen LogP contribution in [0.25, 0.3) is 0 Å². The lowest BCUT2D eigenvalue weighted by Crippen LogP contribution is -2.44. The largest absolute Gasteiger partial charge is 0.338 e. The summed E-state index contributed by atoms with van der Waals surface area (Å²) in [7, 11) is 0. The van der Waals surface area contributed by atoms with Crippen LogP contribution in [-0.4, -0.2) is 44.7 Å². The molecule has 1 saturated heterocycles. The number of carbonyl (C=O) groups excluding carboxylic acids is 2. The Kier molecular flexibility index (Phi) is 6.33. The lowest BCUT2D eigenvalue weighted by molar-refractivity contribution is -0.139. The number of amides is 2. The Morgan fingerprint density at radius 3 is 2.44 bits per heavy atom. The van der Waals surface area contributed by atoms with E-state index in [4.69, 9.17) is 4.98 Å². The number of piperidine rings is 1. The summed E-state index contributed by atoms with van der Waals surface area (Å²) in [6.07, 6.45) is 13.2. The Bertz CT molecular complexity index is 914. The average molecular weight is 441 g/mol. The third kappa shape index (κ3) is 4.35. The van der Waals surface area contributed by atoms with Crippen LogP contribution in [0.15, 0.2) is 4.79 Å². The highest BCUT2D eigenvalue weighted by atomic mass is 16.2. The van der Waals surface area contributed by atoms with Crippen LogP contribution in [0.2, 0.25) is 0 Å². The molecule has 7 nitrogen and oxygen atoms in total. The standard InChI is InChI=1S/C25H36N4O3/c30-22(15-17-7-1-2-8-17)28-14-12-20-19(16-28)24(31)27-23(26-20)21-11-5-6-13-29(21)25(32)18-9-3-4-10-18/h17-18,21H,1-16H2,(H,26,27,31)/t21-/m1/s1. The van der Waals surface area contributed by atoms with E-state index in [9.17, 15) is 14.4 Å². The lowest BCUT2D eigenvalue weighted by atomic mass is 9.97. The highest BCUT2D eigenvalue weighted by Gasteiger charge is 2.36. The van der Waals surface area contributed by atoms with E-state index in [1.807, 2.05) is 9.80 Å². The fraction of sp³-hybridized carbons (Fsp3) is 0.760. The molecule has 3 heterocycles. The van der Waals surface area contributed by atoms with Crippen LogP contribution in [0, 0.1) is 11.8 Å². The van der Waals surface area contributed by atoms with Gasteiger partial charge in [-0.15, -0.1) is 0 Å². The zero-order valence-corrected chi connectivity index (χ0v) is 19.1. The molecule has 5 rings (SSSR count). The van der Waals surface area contributed by atoms with Crippen molar-refractivity contribution in [1.29, 1.82) is 0 Å². The molecule has 32 heavy (non-hydrogen) atoms. The normalized spacial score (nSPS) is 24.7. The van der Waals surface area contributed by atoms with Gasteiger partial charge in [-0.25, -0.2) is 4.98 Å². The zero-order chi connectivity index (χ0) is 22.1. The molecule has 1 N–H and O–H groups in total. The third-order valence-corrected chi connectivity index (χ3v) is 8.18. The molecule has 0 spiro atoms. The van der Waals surface area contributed by atoms with Gasteiger partial charge in [-0.05, 0) is 50.9 Å². The van der Waals surface area contributed by atoms with Gasteiger partial charge in [-0.1, -0.05) is 25.7 Å². The summed E-state index contributed by atoms with van der Waals surface area (Å²) in [6, 6.07) is -0.128. The van der Waals surface area contributed by atoms with Crippen molar-refractivity contribution >= 4 is 11.8 Å². The average Bonchev–Trinajstić information content (AvgIpc) is 3.53. The minimum Gasteiger partial charge on any atom is -0.338 e. The first-order valence-electron chi connectivity index (χ1n) is 12.8. The van der Waals surface area contributed by atoms with Gasteiger partial charge in [0.1, 0.15) is 5.82 Å². The van der Waals surface area contributed by atoms with E-state index in [2.05, 4.69) is 4.98 Å². The van der Waals surface area contributed by atoms with Gasteiger partial charge >= 0.3 is 0 Å². The van der Waals surface area contributed by atoms with Gasteiger partial charge in [0.25, 0.3) is 5.56 Å². The second-order valence-electron chi connectivity index (χ2n) is 10.3. The van der Waals surface area contributed by atoms with Gasteiger partial charge in [0.15, 0.2) is 0 Å². The molecule has 1 atom stereocenters. The number of hydrogen-bond donors (Lipinski definition) is 1. The van der Waals surface area contributed by atoms with Crippen molar-refractivity contribution in [2.45, 2.75) is 96.1 Å². The number of likely N-dealkylation sites (tertiary alicyclic amines) is 1. The molecule has 2 aliphatic heterocycles. The fourth-order valence-electron chi connectivity index (χ4n) is 6.29. The van der Waals surface area contributed by atoms with Crippen molar-refractivity contribution in [3.63, 3.8) is 0 Å². The highest BCUT2D eigenvalue weighted by molar-refractivity contribution is 5.79. The molecule has 0 unspecified atom stereocenters. The summed E-state index contributed by atoms with van der Waals surface area (Å²) in [4.78, 5) is 50.7. The van der Waals surface area contributed by atoms with Crippen molar-refractivity contribution in [3.05, 3.63) is 27.4 Å². The number of nitrogens with zero attached hydrogens (tertiary/aromatic N) is 3. The van der Waals surface area contributed by atoms with Crippen LogP contribution < -0.4 is 5.56 Å². The van der Waals surface area contributed by atoms with Crippen LogP contribution in [0.5, 0.6) is 0 Å². The number of rotatable bonds is 4. The maximum Gasteiger partial charge on any atom is 0.256 e. The van der Waals surface area contributed by atoms with E-state index in [0.29, 0.717) is 43.2 Å². The van der Waals surface area contributed by atoms with E-state index in [1.165, 1.54) is 12.8 Å². The lowest BCUT2D eigenvalue weighted by Gasteiger charge is -2.37. The summed E-state index contributed by atoms with van der Waals surface area (Å²) in [6.45, 7) is 1.74. The van der Waals surface area contributed by atoms with E-state index in [1.54, 1.807) is 0 Å². The van der Waals surface area contributed by atoms with Crippen LogP contribution in [0.4, 0.5) is 0 Å². The number of H-pyrrole nitrogens is 1. The van der Waals surface area contributed by atoms with Gasteiger partial charge in [0.05, 0.1) is 23.8 Å². The summed E-state index contributed by atoms with van der Waals surface area (Å²) in [5, 5.41) is 0. The van der Waals surface area contributed by atoms with Crippen LogP contribution in [0.1, 0.15) is 100 Å². The van der Waals surface area contributed by atoms with Gasteiger partial charge in [0, 0.05) is 31.8 Å². The smallest absolute Gasteiger partial charge is 0.256 e. The zero-order valence-electron chi connectivity index (χ0n) is 19.1. The summed E-state index contributed by atoms with van der Waals surface area (Å²) >= 11 is 0. The second-order valence-corrected chi connectivity index (χ2v) is 10.3. The molecule has 0 bridgehead atoms. The number of fused-ring (bicyclic) bond motifs is 1. The first-order chi connectivity index (χ1) is 15.6. The number of hydrogen-bond acceptors (Lipinski definition) is 4. The predicted octanol–water partition coefficient (Wildman–Crippen LogP) is 3.48. The SMILES string of the molecule is O=C(CC1CCCC1)N1CCc2nc([C@H]3CCCCN3C(=O)C3CCCC3)[nH]c(=O)c2C1. The van der Waals surface area contributed by atoms with E-state index >= 15 is 0 Å². The topological polar surface area (TPSA) is 86.4 Å². The van der Waals surface area contributed by atoms with Gasteiger partial charge in [-0.3, -0.25) is 14.4 Å². The number of carbonyl (C=O) groups is 2. The van der Waals surface area contributed by atoms with Gasteiger partial charge < -0.3 is 14.8 Å². The Labute approximate surface area is 190 Å². The Hall–Kier alpha value is -2.18. The Balaban J connectivity index is 1.32. The quantitative estimate of drug-likeness (QED) is 0.777. The monoisotopic (exact) mass is 440 g/mol. The van der Waals surface area contributed by atoms with E-state index < -0.39 is 0 Å². The molecule has 2 aliphatic carbocycles. The van der Waals surface area contributed by atoms with Crippen LogP contribution >= 0.6 is 0 Å². The Morgan fingerprint density at radius 2 is 1.66 bits per heavy atom. The molecule has 174 valence electrons. The van der Waals surface area contributed by atoms with Gasteiger partial charge in [0.2, 0.25) is 11.8 Å². The maximum atomic E-state index is 13.2. The van der Waals surface area contributed by atoms with Crippen molar-refractivity contribution < 1.29 is 9.59 Å². The second kappa shape index (κ2) is 9.36. The molecule has 4 aliphatic rings. The van der Waals surface area contributed by atoms with Crippen molar-refractivity contribution in [3.8, 4) is 0 Å².